The Hall–Kier alpha value is -1.66. The van der Waals surface area contributed by atoms with E-state index in [4.69, 9.17) is 15.9 Å². The fourth-order valence-corrected chi connectivity index (χ4v) is 2.79. The number of amidine groups is 1. The Morgan fingerprint density at radius 3 is 2.95 bits per heavy atom. The number of ether oxygens (including phenoxy) is 1. The molecule has 0 aliphatic rings. The molecule has 0 atom stereocenters. The molecule has 3 N–H and O–H groups in total. The summed E-state index contributed by atoms with van der Waals surface area (Å²) >= 11 is 1.48. The summed E-state index contributed by atoms with van der Waals surface area (Å²) in [6.07, 6.45) is 0.552. The van der Waals surface area contributed by atoms with Crippen molar-refractivity contribution < 1.29 is 4.74 Å². The molecular weight excluding hydrogens is 260 g/mol. The molecule has 1 aromatic heterocycles. The summed E-state index contributed by atoms with van der Waals surface area (Å²) in [6.45, 7) is 2.13. The maximum atomic E-state index is 7.36. The van der Waals surface area contributed by atoms with Crippen molar-refractivity contribution in [2.45, 2.75) is 6.42 Å². The van der Waals surface area contributed by atoms with Gasteiger partial charge in [0, 0.05) is 32.0 Å². The van der Waals surface area contributed by atoms with Crippen molar-refractivity contribution in [2.75, 3.05) is 31.7 Å². The van der Waals surface area contributed by atoms with Crippen molar-refractivity contribution in [3.05, 3.63) is 24.3 Å². The van der Waals surface area contributed by atoms with Crippen LogP contribution in [0.1, 0.15) is 6.42 Å². The molecule has 0 unspecified atom stereocenters. The van der Waals surface area contributed by atoms with E-state index < -0.39 is 0 Å². The lowest BCUT2D eigenvalue weighted by Crippen LogP contribution is -2.30. The van der Waals surface area contributed by atoms with E-state index in [1.807, 2.05) is 18.2 Å². The maximum Gasteiger partial charge on any atom is 0.120 e. The van der Waals surface area contributed by atoms with Gasteiger partial charge in [-0.05, 0) is 23.7 Å². The number of nitrogens with zero attached hydrogens (tertiary/aromatic N) is 2. The highest BCUT2D eigenvalue weighted by Gasteiger charge is 2.13. The lowest BCUT2D eigenvalue weighted by molar-refractivity contribution is 0.205. The van der Waals surface area contributed by atoms with E-state index >= 15 is 0 Å². The van der Waals surface area contributed by atoms with Crippen LogP contribution in [0, 0.1) is 5.41 Å². The number of rotatable bonds is 7. The lowest BCUT2D eigenvalue weighted by Gasteiger charge is -2.22. The van der Waals surface area contributed by atoms with Crippen LogP contribution in [0.3, 0.4) is 0 Å². The van der Waals surface area contributed by atoms with Crippen LogP contribution in [0.15, 0.2) is 24.3 Å². The van der Waals surface area contributed by atoms with Crippen LogP contribution < -0.4 is 10.6 Å². The number of benzene rings is 1. The van der Waals surface area contributed by atoms with Crippen molar-refractivity contribution in [3.63, 3.8) is 0 Å². The highest BCUT2D eigenvalue weighted by atomic mass is 32.1. The van der Waals surface area contributed by atoms with Crippen LogP contribution in [-0.2, 0) is 4.74 Å². The number of hydrogen-bond donors (Lipinski definition) is 2. The first-order valence-corrected chi connectivity index (χ1v) is 6.91. The van der Waals surface area contributed by atoms with E-state index in [1.54, 1.807) is 7.11 Å². The quantitative estimate of drug-likeness (QED) is 0.600. The van der Waals surface area contributed by atoms with E-state index in [0.29, 0.717) is 19.6 Å². The molecule has 2 aromatic rings. The minimum atomic E-state index is 0.205. The molecule has 102 valence electrons. The highest BCUT2D eigenvalue weighted by molar-refractivity contribution is 7.11. The molecule has 5 nitrogen and oxygen atoms in total. The van der Waals surface area contributed by atoms with Gasteiger partial charge >= 0.3 is 0 Å². The first-order chi connectivity index (χ1) is 9.22. The molecule has 19 heavy (non-hydrogen) atoms. The average Bonchev–Trinajstić information content (AvgIpc) is 2.83. The van der Waals surface area contributed by atoms with Gasteiger partial charge in [0.25, 0.3) is 0 Å². The second kappa shape index (κ2) is 6.49. The van der Waals surface area contributed by atoms with Gasteiger partial charge in [-0.15, -0.1) is 0 Å². The fourth-order valence-electron chi connectivity index (χ4n) is 1.88. The highest BCUT2D eigenvalue weighted by Crippen LogP contribution is 2.30. The number of nitrogens with one attached hydrogen (secondary N) is 1. The predicted molar refractivity (Wildman–Crippen MR) is 80.2 cm³/mol. The third-order valence-corrected chi connectivity index (χ3v) is 3.81. The molecule has 1 aromatic carbocycles. The van der Waals surface area contributed by atoms with Crippen molar-refractivity contribution in [1.82, 2.24) is 4.37 Å². The Morgan fingerprint density at radius 1 is 1.42 bits per heavy atom. The maximum absolute atomic E-state index is 7.36. The van der Waals surface area contributed by atoms with Crippen LogP contribution in [-0.4, -0.2) is 37.0 Å². The van der Waals surface area contributed by atoms with E-state index in [9.17, 15) is 0 Å². The smallest absolute Gasteiger partial charge is 0.120 e. The van der Waals surface area contributed by atoms with E-state index in [2.05, 4.69) is 15.3 Å². The van der Waals surface area contributed by atoms with Crippen LogP contribution in [0.5, 0.6) is 0 Å². The molecule has 1 heterocycles. The van der Waals surface area contributed by atoms with Gasteiger partial charge in [0.1, 0.15) is 5.00 Å². The minimum Gasteiger partial charge on any atom is -0.388 e. The topological polar surface area (TPSA) is 75.2 Å². The van der Waals surface area contributed by atoms with Gasteiger partial charge in [0.2, 0.25) is 0 Å². The van der Waals surface area contributed by atoms with E-state index in [-0.39, 0.29) is 5.84 Å². The van der Waals surface area contributed by atoms with Gasteiger partial charge in [-0.2, -0.15) is 4.37 Å². The molecular formula is C13H18N4OS. The van der Waals surface area contributed by atoms with Crippen LogP contribution in [0.2, 0.25) is 0 Å². The molecule has 0 spiro atoms. The molecule has 0 fully saturated rings. The molecule has 0 aliphatic carbocycles. The van der Waals surface area contributed by atoms with Crippen LogP contribution in [0.4, 0.5) is 5.00 Å². The van der Waals surface area contributed by atoms with Crippen molar-refractivity contribution >= 4 is 33.3 Å². The summed E-state index contributed by atoms with van der Waals surface area (Å²) < 4.78 is 9.60. The van der Waals surface area contributed by atoms with Gasteiger partial charge in [0.15, 0.2) is 0 Å². The Labute approximate surface area is 116 Å². The fraction of sp³-hybridized carbons (Fsp3) is 0.385. The number of fused-ring (bicyclic) bond motifs is 1. The van der Waals surface area contributed by atoms with Crippen LogP contribution >= 0.6 is 11.5 Å². The first-order valence-electron chi connectivity index (χ1n) is 6.13. The predicted octanol–water partition coefficient (Wildman–Crippen LogP) is 2.08. The SMILES string of the molecule is COCCN(CCC(=N)N)c1snc2ccccc12. The van der Waals surface area contributed by atoms with Crippen LogP contribution in [0.25, 0.3) is 10.9 Å². The van der Waals surface area contributed by atoms with E-state index in [0.717, 1.165) is 22.4 Å². The van der Waals surface area contributed by atoms with Gasteiger partial charge < -0.3 is 15.4 Å². The summed E-state index contributed by atoms with van der Waals surface area (Å²) in [6, 6.07) is 8.08. The largest absolute Gasteiger partial charge is 0.388 e. The number of methoxy groups -OCH3 is 1. The summed E-state index contributed by atoms with van der Waals surface area (Å²) in [4.78, 5) is 2.19. The Balaban J connectivity index is 2.23. The van der Waals surface area contributed by atoms with Crippen molar-refractivity contribution in [1.29, 1.82) is 5.41 Å². The molecule has 0 saturated heterocycles. The molecule has 2 rings (SSSR count). The zero-order valence-corrected chi connectivity index (χ0v) is 11.7. The van der Waals surface area contributed by atoms with Crippen molar-refractivity contribution in [3.8, 4) is 0 Å². The average molecular weight is 278 g/mol. The van der Waals surface area contributed by atoms with Gasteiger partial charge in [-0.3, -0.25) is 5.41 Å². The monoisotopic (exact) mass is 278 g/mol. The number of hydrogen-bond acceptors (Lipinski definition) is 5. The summed E-state index contributed by atoms with van der Waals surface area (Å²) in [5, 5.41) is 9.63. The third kappa shape index (κ3) is 3.42. The minimum absolute atomic E-state index is 0.205. The Morgan fingerprint density at radius 2 is 2.21 bits per heavy atom. The summed E-state index contributed by atoms with van der Waals surface area (Å²) in [5.74, 6) is 0.205. The van der Waals surface area contributed by atoms with Gasteiger partial charge in [-0.1, -0.05) is 12.1 Å². The summed E-state index contributed by atoms with van der Waals surface area (Å²) in [7, 11) is 1.69. The third-order valence-electron chi connectivity index (χ3n) is 2.87. The number of anilines is 1. The molecule has 0 saturated carbocycles. The Bertz CT molecular complexity index is 554. The van der Waals surface area contributed by atoms with Gasteiger partial charge in [0.05, 0.1) is 18.0 Å². The standard InChI is InChI=1S/C13H18N4OS/c1-18-9-8-17(7-6-12(14)15)13-10-4-2-3-5-11(10)16-19-13/h2-5H,6-9H2,1H3,(H3,14,15). The molecule has 0 bridgehead atoms. The van der Waals surface area contributed by atoms with Gasteiger partial charge in [-0.25, -0.2) is 0 Å². The molecule has 0 aliphatic heterocycles. The van der Waals surface area contributed by atoms with E-state index in [1.165, 1.54) is 11.5 Å². The second-order valence-corrected chi connectivity index (χ2v) is 5.01. The molecule has 0 radical (unpaired) electrons. The zero-order valence-electron chi connectivity index (χ0n) is 10.9. The lowest BCUT2D eigenvalue weighted by atomic mass is 10.2. The normalized spacial score (nSPS) is 10.8. The van der Waals surface area contributed by atoms with Crippen molar-refractivity contribution in [2.24, 2.45) is 5.73 Å². The molecule has 0 amide bonds. The summed E-state index contributed by atoms with van der Waals surface area (Å²) in [5.41, 5.74) is 6.46. The number of nitrogens with two attached hydrogens (primary N) is 1. The molecule has 6 heteroatoms. The second-order valence-electron chi connectivity index (χ2n) is 4.26. The Kier molecular flexibility index (Phi) is 4.70. The zero-order chi connectivity index (χ0) is 13.7. The first kappa shape index (κ1) is 13.8. The number of aromatic nitrogens is 1.